The van der Waals surface area contributed by atoms with Gasteiger partial charge in [0.15, 0.2) is 0 Å². The molecule has 1 saturated carbocycles. The zero-order valence-corrected chi connectivity index (χ0v) is 20.7. The van der Waals surface area contributed by atoms with E-state index in [9.17, 15) is 4.79 Å². The van der Waals surface area contributed by atoms with Gasteiger partial charge in [0, 0.05) is 31.4 Å². The first kappa shape index (κ1) is 23.5. The molecule has 184 valence electrons. The molecule has 6 heteroatoms. The molecule has 1 amide bonds. The molecule has 1 aromatic heterocycles. The van der Waals surface area contributed by atoms with Crippen LogP contribution in [-0.4, -0.2) is 27.8 Å². The molecule has 35 heavy (non-hydrogen) atoms. The van der Waals surface area contributed by atoms with Crippen molar-refractivity contribution in [3.8, 4) is 11.5 Å². The first-order valence-electron chi connectivity index (χ1n) is 12.8. The number of hydrogen-bond donors (Lipinski definition) is 1. The van der Waals surface area contributed by atoms with Crippen molar-refractivity contribution in [2.24, 2.45) is 0 Å². The molecule has 2 aromatic carbocycles. The van der Waals surface area contributed by atoms with Crippen molar-refractivity contribution in [3.05, 3.63) is 77.1 Å². The maximum atomic E-state index is 12.3. The fourth-order valence-electron chi connectivity index (χ4n) is 5.44. The molecule has 1 atom stereocenters. The van der Waals surface area contributed by atoms with Gasteiger partial charge in [-0.3, -0.25) is 9.48 Å². The summed E-state index contributed by atoms with van der Waals surface area (Å²) in [5, 5.41) is 7.33. The van der Waals surface area contributed by atoms with Gasteiger partial charge in [-0.15, -0.1) is 0 Å². The Bertz CT molecular complexity index is 1130. The lowest BCUT2D eigenvalue weighted by atomic mass is 9.91. The zero-order chi connectivity index (χ0) is 24.2. The number of nitrogens with one attached hydrogen (secondary N) is 1. The predicted molar refractivity (Wildman–Crippen MR) is 136 cm³/mol. The molecule has 5 rings (SSSR count). The second kappa shape index (κ2) is 10.5. The molecule has 0 radical (unpaired) electrons. The van der Waals surface area contributed by atoms with Crippen molar-refractivity contribution in [2.45, 2.75) is 83.6 Å². The minimum atomic E-state index is 0.0961. The second-order valence-corrected chi connectivity index (χ2v) is 9.90. The van der Waals surface area contributed by atoms with Gasteiger partial charge < -0.3 is 14.8 Å². The Balaban J connectivity index is 1.10. The summed E-state index contributed by atoms with van der Waals surface area (Å²) in [4.78, 5) is 12.3. The molecule has 1 N–H and O–H groups in total. The van der Waals surface area contributed by atoms with Crippen LogP contribution >= 0.6 is 0 Å². The van der Waals surface area contributed by atoms with E-state index in [1.807, 2.05) is 18.3 Å². The number of aromatic nitrogens is 2. The Morgan fingerprint density at radius 2 is 1.89 bits per heavy atom. The number of benzene rings is 2. The van der Waals surface area contributed by atoms with Crippen LogP contribution in [0.3, 0.4) is 0 Å². The average Bonchev–Trinajstić information content (AvgIpc) is 3.38. The molecule has 1 aliphatic heterocycles. The van der Waals surface area contributed by atoms with Gasteiger partial charge in [0.1, 0.15) is 17.6 Å². The minimum Gasteiger partial charge on any atom is -0.490 e. The van der Waals surface area contributed by atoms with Crippen LogP contribution in [-0.2, 0) is 17.8 Å². The lowest BCUT2D eigenvalue weighted by molar-refractivity contribution is -0.122. The third-order valence-electron chi connectivity index (χ3n) is 7.31. The average molecular weight is 474 g/mol. The Hall–Kier alpha value is -3.28. The van der Waals surface area contributed by atoms with E-state index >= 15 is 0 Å². The summed E-state index contributed by atoms with van der Waals surface area (Å²) in [5.41, 5.74) is 5.14. The van der Waals surface area contributed by atoms with E-state index in [4.69, 9.17) is 9.47 Å². The van der Waals surface area contributed by atoms with E-state index in [0.29, 0.717) is 13.0 Å². The van der Waals surface area contributed by atoms with Crippen molar-refractivity contribution in [3.63, 3.8) is 0 Å². The number of carbonyl (C=O) groups excluding carboxylic acids is 1. The SMILES string of the molecule is Cc1cccc(C)c1C1CCc2cc(OC3CCC(NC(=O)CCn4cccn4)CC3)ccc2O1. The van der Waals surface area contributed by atoms with Crippen molar-refractivity contribution in [2.75, 3.05) is 0 Å². The van der Waals surface area contributed by atoms with Crippen LogP contribution in [0.15, 0.2) is 54.9 Å². The topological polar surface area (TPSA) is 65.4 Å². The number of fused-ring (bicyclic) bond motifs is 1. The van der Waals surface area contributed by atoms with E-state index in [1.54, 1.807) is 10.9 Å². The van der Waals surface area contributed by atoms with Gasteiger partial charge in [-0.25, -0.2) is 0 Å². The van der Waals surface area contributed by atoms with Crippen LogP contribution in [0.1, 0.15) is 66.9 Å². The highest BCUT2D eigenvalue weighted by Gasteiger charge is 2.26. The molecule has 0 bridgehead atoms. The lowest BCUT2D eigenvalue weighted by Gasteiger charge is -2.31. The molecule has 1 aliphatic carbocycles. The first-order chi connectivity index (χ1) is 17.0. The Kier molecular flexibility index (Phi) is 7.07. The van der Waals surface area contributed by atoms with E-state index in [0.717, 1.165) is 50.0 Å². The van der Waals surface area contributed by atoms with E-state index in [-0.39, 0.29) is 24.2 Å². The van der Waals surface area contributed by atoms with Gasteiger partial charge >= 0.3 is 0 Å². The third-order valence-corrected chi connectivity index (χ3v) is 7.31. The normalized spacial score (nSPS) is 21.6. The summed E-state index contributed by atoms with van der Waals surface area (Å²) in [7, 11) is 0. The highest BCUT2D eigenvalue weighted by molar-refractivity contribution is 5.76. The number of ether oxygens (including phenoxy) is 2. The number of nitrogens with zero attached hydrogens (tertiary/aromatic N) is 2. The first-order valence-corrected chi connectivity index (χ1v) is 12.8. The highest BCUT2D eigenvalue weighted by atomic mass is 16.5. The van der Waals surface area contributed by atoms with Crippen LogP contribution < -0.4 is 14.8 Å². The molecular weight excluding hydrogens is 438 g/mol. The van der Waals surface area contributed by atoms with Crippen molar-refractivity contribution < 1.29 is 14.3 Å². The van der Waals surface area contributed by atoms with E-state index in [2.05, 4.69) is 54.6 Å². The molecule has 1 fully saturated rings. The van der Waals surface area contributed by atoms with Gasteiger partial charge in [0.05, 0.1) is 6.10 Å². The standard InChI is InChI=1S/C29H35N3O3/c1-20-5-3-6-21(2)29(20)27-13-7-22-19-25(12-14-26(22)35-27)34-24-10-8-23(9-11-24)31-28(33)15-18-32-17-4-16-30-32/h3-6,12,14,16-17,19,23-24,27H,7-11,13,15,18H2,1-2H3,(H,31,33). The maximum absolute atomic E-state index is 12.3. The molecular formula is C29H35N3O3. The number of hydrogen-bond acceptors (Lipinski definition) is 4. The summed E-state index contributed by atoms with van der Waals surface area (Å²) in [6.45, 7) is 4.95. The largest absolute Gasteiger partial charge is 0.490 e. The quantitative estimate of drug-likeness (QED) is 0.495. The summed E-state index contributed by atoms with van der Waals surface area (Å²) in [5.74, 6) is 1.99. The number of aryl methyl sites for hydroxylation is 4. The molecule has 1 unspecified atom stereocenters. The van der Waals surface area contributed by atoms with Crippen LogP contribution in [0.2, 0.25) is 0 Å². The highest BCUT2D eigenvalue weighted by Crippen LogP contribution is 2.39. The fraction of sp³-hybridized carbons (Fsp3) is 0.448. The summed E-state index contributed by atoms with van der Waals surface area (Å²) >= 11 is 0. The molecule has 2 heterocycles. The number of amides is 1. The zero-order valence-electron chi connectivity index (χ0n) is 20.7. The third kappa shape index (κ3) is 5.69. The van der Waals surface area contributed by atoms with Gasteiger partial charge in [0.25, 0.3) is 0 Å². The van der Waals surface area contributed by atoms with Gasteiger partial charge in [-0.1, -0.05) is 18.2 Å². The Labute approximate surface area is 207 Å². The van der Waals surface area contributed by atoms with Crippen LogP contribution in [0.4, 0.5) is 0 Å². The molecule has 0 spiro atoms. The van der Waals surface area contributed by atoms with Crippen LogP contribution in [0, 0.1) is 13.8 Å². The van der Waals surface area contributed by atoms with Crippen LogP contribution in [0.25, 0.3) is 0 Å². The van der Waals surface area contributed by atoms with Gasteiger partial charge in [-0.05, 0) is 98.9 Å². The van der Waals surface area contributed by atoms with E-state index in [1.165, 1.54) is 22.3 Å². The Morgan fingerprint density at radius 3 is 2.63 bits per heavy atom. The summed E-state index contributed by atoms with van der Waals surface area (Å²) in [6, 6.07) is 14.8. The van der Waals surface area contributed by atoms with Gasteiger partial charge in [-0.2, -0.15) is 5.10 Å². The maximum Gasteiger partial charge on any atom is 0.222 e. The summed E-state index contributed by atoms with van der Waals surface area (Å²) in [6.07, 6.45) is 10.1. The van der Waals surface area contributed by atoms with Crippen LogP contribution in [0.5, 0.6) is 11.5 Å². The van der Waals surface area contributed by atoms with E-state index < -0.39 is 0 Å². The minimum absolute atomic E-state index is 0.0961. The summed E-state index contributed by atoms with van der Waals surface area (Å²) < 4.78 is 14.5. The number of rotatable bonds is 7. The predicted octanol–water partition coefficient (Wildman–Crippen LogP) is 5.46. The smallest absolute Gasteiger partial charge is 0.222 e. The monoisotopic (exact) mass is 473 g/mol. The Morgan fingerprint density at radius 1 is 1.09 bits per heavy atom. The van der Waals surface area contributed by atoms with Crippen molar-refractivity contribution in [1.29, 1.82) is 0 Å². The molecule has 0 saturated heterocycles. The lowest BCUT2D eigenvalue weighted by Crippen LogP contribution is -2.40. The fourth-order valence-corrected chi connectivity index (χ4v) is 5.44. The molecule has 2 aliphatic rings. The van der Waals surface area contributed by atoms with Gasteiger partial charge in [0.2, 0.25) is 5.91 Å². The number of carbonyl (C=O) groups is 1. The van der Waals surface area contributed by atoms with Crippen molar-refractivity contribution in [1.82, 2.24) is 15.1 Å². The molecule has 3 aromatic rings. The molecule has 6 nitrogen and oxygen atoms in total. The van der Waals surface area contributed by atoms with Crippen molar-refractivity contribution >= 4 is 5.91 Å². The second-order valence-electron chi connectivity index (χ2n) is 9.90.